The van der Waals surface area contributed by atoms with Crippen molar-refractivity contribution in [2.45, 2.75) is 17.9 Å². The Morgan fingerprint density at radius 1 is 0.848 bits per heavy atom. The number of imide groups is 1. The SMILES string of the molecule is O=C1c2ccccc2C(=O)N1CCc1c[nH]c2ccc(CNS(=O)(=O)c3ccccc3)cc12. The van der Waals surface area contributed by atoms with Crippen LogP contribution in [0.25, 0.3) is 10.9 Å². The molecule has 0 spiro atoms. The van der Waals surface area contributed by atoms with E-state index in [2.05, 4.69) is 9.71 Å². The zero-order valence-electron chi connectivity index (χ0n) is 17.6. The van der Waals surface area contributed by atoms with Crippen molar-refractivity contribution < 1.29 is 18.0 Å². The highest BCUT2D eigenvalue weighted by Gasteiger charge is 2.34. The van der Waals surface area contributed by atoms with Crippen LogP contribution in [0, 0.1) is 0 Å². The number of H-pyrrole nitrogens is 1. The zero-order chi connectivity index (χ0) is 23.0. The number of aromatic amines is 1. The van der Waals surface area contributed by atoms with Gasteiger partial charge in [-0.25, -0.2) is 13.1 Å². The fraction of sp³-hybridized carbons (Fsp3) is 0.120. The summed E-state index contributed by atoms with van der Waals surface area (Å²) >= 11 is 0. The Morgan fingerprint density at radius 2 is 1.52 bits per heavy atom. The van der Waals surface area contributed by atoms with Crippen LogP contribution in [0.3, 0.4) is 0 Å². The van der Waals surface area contributed by atoms with Crippen LogP contribution in [0.4, 0.5) is 0 Å². The van der Waals surface area contributed by atoms with Gasteiger partial charge in [0.2, 0.25) is 10.0 Å². The molecule has 33 heavy (non-hydrogen) atoms. The van der Waals surface area contributed by atoms with E-state index in [0.717, 1.165) is 22.0 Å². The van der Waals surface area contributed by atoms with Gasteiger partial charge in [-0.3, -0.25) is 14.5 Å². The molecular weight excluding hydrogens is 438 g/mol. The van der Waals surface area contributed by atoms with Gasteiger partial charge < -0.3 is 4.98 Å². The molecule has 0 bridgehead atoms. The molecule has 0 unspecified atom stereocenters. The number of benzene rings is 3. The van der Waals surface area contributed by atoms with E-state index in [4.69, 9.17) is 0 Å². The van der Waals surface area contributed by atoms with Crippen LogP contribution in [-0.2, 0) is 23.0 Å². The number of hydrogen-bond donors (Lipinski definition) is 2. The minimum absolute atomic E-state index is 0.149. The molecule has 2 N–H and O–H groups in total. The lowest BCUT2D eigenvalue weighted by Gasteiger charge is -2.13. The number of carbonyl (C=O) groups excluding carboxylic acids is 2. The minimum atomic E-state index is -3.61. The van der Waals surface area contributed by atoms with Crippen molar-refractivity contribution >= 4 is 32.7 Å². The molecule has 5 rings (SSSR count). The summed E-state index contributed by atoms with van der Waals surface area (Å²) in [7, 11) is -3.61. The molecule has 3 aromatic carbocycles. The van der Waals surface area contributed by atoms with Gasteiger partial charge in [0.05, 0.1) is 16.0 Å². The average Bonchev–Trinajstić information content (AvgIpc) is 3.35. The van der Waals surface area contributed by atoms with Crippen molar-refractivity contribution in [3.8, 4) is 0 Å². The lowest BCUT2D eigenvalue weighted by molar-refractivity contribution is 0.0656. The molecule has 7 nitrogen and oxygen atoms in total. The largest absolute Gasteiger partial charge is 0.361 e. The van der Waals surface area contributed by atoms with Gasteiger partial charge in [0, 0.05) is 30.2 Å². The molecule has 0 saturated heterocycles. The maximum atomic E-state index is 12.6. The second-order valence-corrected chi connectivity index (χ2v) is 9.66. The van der Waals surface area contributed by atoms with Crippen LogP contribution in [0.1, 0.15) is 31.8 Å². The Labute approximate surface area is 191 Å². The third-order valence-corrected chi connectivity index (χ3v) is 7.25. The molecule has 0 radical (unpaired) electrons. The number of nitrogens with zero attached hydrogens (tertiary/aromatic N) is 1. The number of sulfonamides is 1. The van der Waals surface area contributed by atoms with E-state index in [1.807, 2.05) is 24.4 Å². The number of amides is 2. The van der Waals surface area contributed by atoms with Crippen molar-refractivity contribution in [3.63, 3.8) is 0 Å². The molecule has 0 fully saturated rings. The smallest absolute Gasteiger partial charge is 0.261 e. The summed E-state index contributed by atoms with van der Waals surface area (Å²) in [5.41, 5.74) is 3.55. The van der Waals surface area contributed by atoms with Crippen molar-refractivity contribution in [3.05, 3.63) is 101 Å². The highest BCUT2D eigenvalue weighted by molar-refractivity contribution is 7.89. The quantitative estimate of drug-likeness (QED) is 0.413. The Hall–Kier alpha value is -3.75. The number of nitrogens with one attached hydrogen (secondary N) is 2. The molecule has 1 aromatic heterocycles. The molecule has 166 valence electrons. The van der Waals surface area contributed by atoms with Gasteiger partial charge in [0.1, 0.15) is 0 Å². The van der Waals surface area contributed by atoms with Crippen LogP contribution in [0.5, 0.6) is 0 Å². The van der Waals surface area contributed by atoms with E-state index in [1.54, 1.807) is 54.6 Å². The molecular formula is C25H21N3O4S. The number of carbonyl (C=O) groups is 2. The molecule has 2 heterocycles. The standard InChI is InChI=1S/C25H21N3O4S/c29-24-20-8-4-5-9-21(20)25(30)28(24)13-12-18-16-26-23-11-10-17(14-22(18)23)15-27-33(31,32)19-6-2-1-3-7-19/h1-11,14,16,26-27H,12-13,15H2. The first-order valence-electron chi connectivity index (χ1n) is 10.5. The minimum Gasteiger partial charge on any atom is -0.361 e. The molecule has 0 aliphatic carbocycles. The van der Waals surface area contributed by atoms with Crippen molar-refractivity contribution in [2.75, 3.05) is 6.54 Å². The van der Waals surface area contributed by atoms with Gasteiger partial charge in [-0.1, -0.05) is 36.4 Å². The fourth-order valence-electron chi connectivity index (χ4n) is 4.08. The summed E-state index contributed by atoms with van der Waals surface area (Å²) < 4.78 is 27.6. The van der Waals surface area contributed by atoms with Crippen molar-refractivity contribution in [2.24, 2.45) is 0 Å². The monoisotopic (exact) mass is 459 g/mol. The third kappa shape index (κ3) is 3.94. The first kappa shape index (κ1) is 21.1. The van der Waals surface area contributed by atoms with E-state index < -0.39 is 10.0 Å². The normalized spacial score (nSPS) is 13.6. The van der Waals surface area contributed by atoms with Gasteiger partial charge >= 0.3 is 0 Å². The lowest BCUT2D eigenvalue weighted by atomic mass is 10.1. The Balaban J connectivity index is 1.31. The third-order valence-electron chi connectivity index (χ3n) is 5.83. The Bertz CT molecular complexity index is 1440. The molecule has 0 atom stereocenters. The Morgan fingerprint density at radius 3 is 2.21 bits per heavy atom. The summed E-state index contributed by atoms with van der Waals surface area (Å²) in [6, 6.07) is 20.8. The number of aromatic nitrogens is 1. The molecule has 1 aliphatic heterocycles. The Kier molecular flexibility index (Phi) is 5.32. The van der Waals surface area contributed by atoms with Gasteiger partial charge in [-0.05, 0) is 53.9 Å². The highest BCUT2D eigenvalue weighted by Crippen LogP contribution is 2.25. The van der Waals surface area contributed by atoms with E-state index in [1.165, 1.54) is 4.90 Å². The van der Waals surface area contributed by atoms with Crippen molar-refractivity contribution in [1.29, 1.82) is 0 Å². The van der Waals surface area contributed by atoms with Gasteiger partial charge in [-0.2, -0.15) is 0 Å². The lowest BCUT2D eigenvalue weighted by Crippen LogP contribution is -2.31. The summed E-state index contributed by atoms with van der Waals surface area (Å²) in [5.74, 6) is -0.544. The van der Waals surface area contributed by atoms with E-state index in [-0.39, 0.29) is 29.8 Å². The van der Waals surface area contributed by atoms with Crippen LogP contribution in [0.15, 0.2) is 83.9 Å². The predicted octanol–water partition coefficient (Wildman–Crippen LogP) is 3.49. The second kappa shape index (κ2) is 8.31. The van der Waals surface area contributed by atoms with E-state index >= 15 is 0 Å². The molecule has 4 aromatic rings. The topological polar surface area (TPSA) is 99.3 Å². The molecule has 2 amide bonds. The van der Waals surface area contributed by atoms with E-state index in [9.17, 15) is 18.0 Å². The second-order valence-electron chi connectivity index (χ2n) is 7.89. The summed E-state index contributed by atoms with van der Waals surface area (Å²) in [5, 5.41) is 0.933. The van der Waals surface area contributed by atoms with Crippen LogP contribution < -0.4 is 4.72 Å². The van der Waals surface area contributed by atoms with Gasteiger partial charge in [0.25, 0.3) is 11.8 Å². The zero-order valence-corrected chi connectivity index (χ0v) is 18.4. The maximum absolute atomic E-state index is 12.6. The molecule has 8 heteroatoms. The average molecular weight is 460 g/mol. The van der Waals surface area contributed by atoms with Crippen LogP contribution in [-0.4, -0.2) is 36.7 Å². The fourth-order valence-corrected chi connectivity index (χ4v) is 5.12. The number of rotatable bonds is 7. The molecule has 1 aliphatic rings. The first-order valence-corrected chi connectivity index (χ1v) is 12.0. The predicted molar refractivity (Wildman–Crippen MR) is 124 cm³/mol. The van der Waals surface area contributed by atoms with Crippen LogP contribution >= 0.6 is 0 Å². The highest BCUT2D eigenvalue weighted by atomic mass is 32.2. The first-order chi connectivity index (χ1) is 15.9. The molecule has 0 saturated carbocycles. The number of hydrogen-bond acceptors (Lipinski definition) is 4. The summed E-state index contributed by atoms with van der Waals surface area (Å²) in [6.45, 7) is 0.417. The number of fused-ring (bicyclic) bond motifs is 2. The van der Waals surface area contributed by atoms with Crippen LogP contribution in [0.2, 0.25) is 0 Å². The van der Waals surface area contributed by atoms with E-state index in [0.29, 0.717) is 17.5 Å². The van der Waals surface area contributed by atoms with Crippen molar-refractivity contribution in [1.82, 2.24) is 14.6 Å². The van der Waals surface area contributed by atoms with Gasteiger partial charge in [-0.15, -0.1) is 0 Å². The summed E-state index contributed by atoms with van der Waals surface area (Å²) in [4.78, 5) is 29.9. The maximum Gasteiger partial charge on any atom is 0.261 e. The summed E-state index contributed by atoms with van der Waals surface area (Å²) in [6.07, 6.45) is 2.35. The van der Waals surface area contributed by atoms with Gasteiger partial charge in [0.15, 0.2) is 0 Å².